The van der Waals surface area contributed by atoms with Gasteiger partial charge in [0.2, 0.25) is 5.91 Å². The highest BCUT2D eigenvalue weighted by molar-refractivity contribution is 6.01. The zero-order chi connectivity index (χ0) is 15.7. The van der Waals surface area contributed by atoms with E-state index in [0.29, 0.717) is 12.6 Å². The van der Waals surface area contributed by atoms with Crippen LogP contribution in [-0.4, -0.2) is 68.7 Å². The lowest BCUT2D eigenvalue weighted by atomic mass is 10.2. The summed E-state index contributed by atoms with van der Waals surface area (Å²) in [6.45, 7) is 6.97. The maximum absolute atomic E-state index is 11.6. The Kier molecular flexibility index (Phi) is 4.10. The van der Waals surface area contributed by atoms with Crippen molar-refractivity contribution >= 4 is 11.9 Å². The van der Waals surface area contributed by atoms with Crippen molar-refractivity contribution in [2.75, 3.05) is 26.2 Å². The molecule has 2 aliphatic heterocycles. The number of aromatic nitrogens is 3. The highest BCUT2D eigenvalue weighted by atomic mass is 16.2. The van der Waals surface area contributed by atoms with Crippen LogP contribution in [-0.2, 0) is 11.3 Å². The van der Waals surface area contributed by atoms with Gasteiger partial charge >= 0.3 is 6.03 Å². The van der Waals surface area contributed by atoms with Crippen molar-refractivity contribution in [3.05, 3.63) is 11.6 Å². The molecule has 3 rings (SSSR count). The molecule has 2 aliphatic rings. The Bertz CT molecular complexity index is 568. The first kappa shape index (κ1) is 15.0. The summed E-state index contributed by atoms with van der Waals surface area (Å²) in [5.41, 5.74) is 0. The van der Waals surface area contributed by atoms with E-state index in [1.54, 1.807) is 0 Å². The molecule has 1 aromatic heterocycles. The second-order valence-electron chi connectivity index (χ2n) is 5.92. The van der Waals surface area contributed by atoms with E-state index in [1.807, 2.05) is 18.5 Å². The Morgan fingerprint density at radius 1 is 1.27 bits per heavy atom. The van der Waals surface area contributed by atoms with Gasteiger partial charge in [-0.1, -0.05) is 0 Å². The first-order valence-electron chi connectivity index (χ1n) is 7.75. The number of carbonyl (C=O) groups excluding carboxylic acids is 2. The van der Waals surface area contributed by atoms with Gasteiger partial charge in [0.05, 0.1) is 13.1 Å². The summed E-state index contributed by atoms with van der Waals surface area (Å²) in [6, 6.07) is 0.115. The van der Waals surface area contributed by atoms with Crippen LogP contribution in [0.15, 0.2) is 0 Å². The van der Waals surface area contributed by atoms with E-state index >= 15 is 0 Å². The normalized spacial score (nSPS) is 22.6. The number of imide groups is 1. The van der Waals surface area contributed by atoms with Crippen molar-refractivity contribution in [3.8, 4) is 0 Å². The fourth-order valence-electron chi connectivity index (χ4n) is 3.24. The van der Waals surface area contributed by atoms with Gasteiger partial charge in [0.25, 0.3) is 0 Å². The third-order valence-corrected chi connectivity index (χ3v) is 4.39. The standard InChI is InChI=1S/C14H22N6O2/c1-10-16-11(2)20(17-10)9-12-4-3-5-18(12)6-7-19-13(21)8-15-14(19)22/h12H,3-9H2,1-2H3,(H,15,22)/t12-/m0/s1. The average molecular weight is 306 g/mol. The monoisotopic (exact) mass is 306 g/mol. The van der Waals surface area contributed by atoms with Crippen molar-refractivity contribution in [2.24, 2.45) is 0 Å². The van der Waals surface area contributed by atoms with Crippen LogP contribution in [0.25, 0.3) is 0 Å². The summed E-state index contributed by atoms with van der Waals surface area (Å²) >= 11 is 0. The number of likely N-dealkylation sites (tertiary alicyclic amines) is 1. The van der Waals surface area contributed by atoms with Gasteiger partial charge in [-0.15, -0.1) is 0 Å². The van der Waals surface area contributed by atoms with Crippen LogP contribution in [0.4, 0.5) is 4.79 Å². The number of carbonyl (C=O) groups is 2. The number of hydrogen-bond donors (Lipinski definition) is 1. The van der Waals surface area contributed by atoms with E-state index in [1.165, 1.54) is 4.90 Å². The minimum Gasteiger partial charge on any atom is -0.329 e. The summed E-state index contributed by atoms with van der Waals surface area (Å²) in [6.07, 6.45) is 2.25. The molecule has 2 saturated heterocycles. The highest BCUT2D eigenvalue weighted by Crippen LogP contribution is 2.19. The number of urea groups is 1. The maximum atomic E-state index is 11.6. The molecule has 22 heavy (non-hydrogen) atoms. The minimum atomic E-state index is -0.275. The van der Waals surface area contributed by atoms with Crippen molar-refractivity contribution in [2.45, 2.75) is 39.3 Å². The third-order valence-electron chi connectivity index (χ3n) is 4.39. The maximum Gasteiger partial charge on any atom is 0.324 e. The first-order valence-corrected chi connectivity index (χ1v) is 7.75. The molecule has 1 atom stereocenters. The molecule has 0 spiro atoms. The highest BCUT2D eigenvalue weighted by Gasteiger charge is 2.31. The molecule has 3 heterocycles. The molecule has 3 amide bonds. The van der Waals surface area contributed by atoms with Crippen LogP contribution in [0.3, 0.4) is 0 Å². The second kappa shape index (κ2) is 6.04. The molecular weight excluding hydrogens is 284 g/mol. The number of nitrogens with zero attached hydrogens (tertiary/aromatic N) is 5. The lowest BCUT2D eigenvalue weighted by Gasteiger charge is -2.26. The zero-order valence-corrected chi connectivity index (χ0v) is 13.1. The molecule has 0 aromatic carbocycles. The van der Waals surface area contributed by atoms with Crippen molar-refractivity contribution in [1.82, 2.24) is 29.9 Å². The molecule has 1 aromatic rings. The summed E-state index contributed by atoms with van der Waals surface area (Å²) < 4.78 is 1.95. The second-order valence-corrected chi connectivity index (χ2v) is 5.92. The van der Waals surface area contributed by atoms with Gasteiger partial charge in [0.15, 0.2) is 0 Å². The van der Waals surface area contributed by atoms with Crippen LogP contribution in [0.2, 0.25) is 0 Å². The number of hydrogen-bond acceptors (Lipinski definition) is 5. The van der Waals surface area contributed by atoms with Crippen LogP contribution < -0.4 is 5.32 Å². The fraction of sp³-hybridized carbons (Fsp3) is 0.714. The number of rotatable bonds is 5. The van der Waals surface area contributed by atoms with Crippen LogP contribution >= 0.6 is 0 Å². The lowest BCUT2D eigenvalue weighted by Crippen LogP contribution is -2.41. The lowest BCUT2D eigenvalue weighted by molar-refractivity contribution is -0.125. The van der Waals surface area contributed by atoms with Gasteiger partial charge < -0.3 is 5.32 Å². The zero-order valence-electron chi connectivity index (χ0n) is 13.1. The topological polar surface area (TPSA) is 83.4 Å². The fourth-order valence-corrected chi connectivity index (χ4v) is 3.24. The van der Waals surface area contributed by atoms with Gasteiger partial charge in [-0.3, -0.25) is 14.6 Å². The van der Waals surface area contributed by atoms with Crippen molar-refractivity contribution < 1.29 is 9.59 Å². The Balaban J connectivity index is 1.58. The smallest absolute Gasteiger partial charge is 0.324 e. The Morgan fingerprint density at radius 2 is 2.09 bits per heavy atom. The molecular formula is C14H22N6O2. The minimum absolute atomic E-state index is 0.125. The average Bonchev–Trinajstić information content (AvgIpc) is 3.12. The summed E-state index contributed by atoms with van der Waals surface area (Å²) in [7, 11) is 0. The number of nitrogens with one attached hydrogen (secondary N) is 1. The molecule has 0 aliphatic carbocycles. The van der Waals surface area contributed by atoms with E-state index in [-0.39, 0.29) is 18.5 Å². The van der Waals surface area contributed by atoms with Crippen LogP contribution in [0, 0.1) is 13.8 Å². The molecule has 120 valence electrons. The van der Waals surface area contributed by atoms with Gasteiger partial charge in [0, 0.05) is 19.1 Å². The molecule has 0 bridgehead atoms. The molecule has 2 fully saturated rings. The molecule has 8 nitrogen and oxygen atoms in total. The molecule has 0 radical (unpaired) electrons. The number of amides is 3. The Labute approximate surface area is 129 Å². The van der Waals surface area contributed by atoms with Crippen LogP contribution in [0.5, 0.6) is 0 Å². The molecule has 0 saturated carbocycles. The van der Waals surface area contributed by atoms with Gasteiger partial charge in [-0.25, -0.2) is 14.5 Å². The summed E-state index contributed by atoms with van der Waals surface area (Å²) in [4.78, 5) is 31.2. The van der Waals surface area contributed by atoms with Crippen molar-refractivity contribution in [3.63, 3.8) is 0 Å². The SMILES string of the molecule is Cc1nc(C)n(C[C@@H]2CCCN2CCN2C(=O)CNC2=O)n1. The largest absolute Gasteiger partial charge is 0.329 e. The van der Waals surface area contributed by atoms with E-state index in [0.717, 1.165) is 44.1 Å². The molecule has 0 unspecified atom stereocenters. The van der Waals surface area contributed by atoms with Crippen molar-refractivity contribution in [1.29, 1.82) is 0 Å². The van der Waals surface area contributed by atoms with E-state index in [9.17, 15) is 9.59 Å². The quantitative estimate of drug-likeness (QED) is 0.769. The van der Waals surface area contributed by atoms with Gasteiger partial charge in [-0.2, -0.15) is 5.10 Å². The summed E-state index contributed by atoms with van der Waals surface area (Å²) in [5, 5.41) is 6.97. The van der Waals surface area contributed by atoms with E-state index in [2.05, 4.69) is 20.3 Å². The summed E-state index contributed by atoms with van der Waals surface area (Å²) in [5.74, 6) is 1.59. The van der Waals surface area contributed by atoms with E-state index < -0.39 is 0 Å². The Hall–Kier alpha value is -1.96. The predicted octanol–water partition coefficient (Wildman–Crippen LogP) is -0.0889. The van der Waals surface area contributed by atoms with E-state index in [4.69, 9.17) is 0 Å². The van der Waals surface area contributed by atoms with Gasteiger partial charge in [0.1, 0.15) is 11.6 Å². The predicted molar refractivity (Wildman–Crippen MR) is 79.2 cm³/mol. The van der Waals surface area contributed by atoms with Crippen LogP contribution in [0.1, 0.15) is 24.5 Å². The molecule has 8 heteroatoms. The third kappa shape index (κ3) is 2.96. The number of aryl methyl sites for hydroxylation is 2. The molecule has 1 N–H and O–H groups in total. The van der Waals surface area contributed by atoms with Gasteiger partial charge in [-0.05, 0) is 33.2 Å². The Morgan fingerprint density at radius 3 is 2.73 bits per heavy atom. The first-order chi connectivity index (χ1) is 10.5.